The van der Waals surface area contributed by atoms with Crippen molar-refractivity contribution in [2.75, 3.05) is 0 Å². The quantitative estimate of drug-likeness (QED) is 0.898. The number of hydrogen-bond donors (Lipinski definition) is 1. The second kappa shape index (κ2) is 4.41. The van der Waals surface area contributed by atoms with Gasteiger partial charge in [-0.1, -0.05) is 28.4 Å². The molecule has 0 spiro atoms. The van der Waals surface area contributed by atoms with Gasteiger partial charge in [-0.15, -0.1) is 0 Å². The molecule has 0 aliphatic carbocycles. The lowest BCUT2D eigenvalue weighted by Crippen LogP contribution is -2.04. The number of benzene rings is 1. The van der Waals surface area contributed by atoms with Gasteiger partial charge in [-0.25, -0.2) is 0 Å². The highest BCUT2D eigenvalue weighted by Crippen LogP contribution is 2.25. The van der Waals surface area contributed by atoms with Crippen LogP contribution in [0.1, 0.15) is 18.9 Å². The van der Waals surface area contributed by atoms with E-state index in [2.05, 4.69) is 10.1 Å². The Labute approximate surface area is 102 Å². The van der Waals surface area contributed by atoms with Gasteiger partial charge in [0.25, 0.3) is 0 Å². The molecule has 1 aromatic heterocycles. The third-order valence-electron chi connectivity index (χ3n) is 1.95. The molecule has 2 N–H and O–H groups in total. The molecule has 0 amide bonds. The molecule has 0 fully saturated rings. The van der Waals surface area contributed by atoms with Crippen molar-refractivity contribution in [3.05, 3.63) is 34.1 Å². The van der Waals surface area contributed by atoms with Gasteiger partial charge in [0.2, 0.25) is 11.7 Å². The number of hydrogen-bond acceptors (Lipinski definition) is 4. The van der Waals surface area contributed by atoms with Crippen LogP contribution in [-0.4, -0.2) is 10.1 Å². The molecule has 0 radical (unpaired) electrons. The first-order valence-electron chi connectivity index (χ1n) is 4.62. The molecule has 0 unspecified atom stereocenters. The fourth-order valence-electron chi connectivity index (χ4n) is 1.22. The van der Waals surface area contributed by atoms with Gasteiger partial charge in [-0.05, 0) is 25.1 Å². The Morgan fingerprint density at radius 3 is 2.38 bits per heavy atom. The van der Waals surface area contributed by atoms with Crippen molar-refractivity contribution in [2.45, 2.75) is 13.0 Å². The highest BCUT2D eigenvalue weighted by Gasteiger charge is 2.12. The molecule has 4 nitrogen and oxygen atoms in total. The van der Waals surface area contributed by atoms with Gasteiger partial charge in [-0.2, -0.15) is 4.98 Å². The third kappa shape index (κ3) is 2.35. The molecule has 2 aromatic rings. The van der Waals surface area contributed by atoms with E-state index in [4.69, 9.17) is 33.5 Å². The lowest BCUT2D eigenvalue weighted by molar-refractivity contribution is 0.362. The summed E-state index contributed by atoms with van der Waals surface area (Å²) in [7, 11) is 0. The number of nitrogens with two attached hydrogens (primary N) is 1. The zero-order chi connectivity index (χ0) is 11.7. The molecule has 0 aliphatic heterocycles. The van der Waals surface area contributed by atoms with Gasteiger partial charge in [0.1, 0.15) is 0 Å². The van der Waals surface area contributed by atoms with Crippen molar-refractivity contribution in [1.29, 1.82) is 0 Å². The van der Waals surface area contributed by atoms with Crippen LogP contribution in [-0.2, 0) is 0 Å². The van der Waals surface area contributed by atoms with Gasteiger partial charge < -0.3 is 10.3 Å². The predicted octanol–water partition coefficient (Wildman–Crippen LogP) is 3.06. The van der Waals surface area contributed by atoms with Crippen molar-refractivity contribution in [3.63, 3.8) is 0 Å². The molecule has 1 heterocycles. The van der Waals surface area contributed by atoms with E-state index in [1.807, 2.05) is 0 Å². The maximum Gasteiger partial charge on any atom is 0.243 e. The Hall–Kier alpha value is -1.10. The van der Waals surface area contributed by atoms with Crippen molar-refractivity contribution < 1.29 is 4.52 Å². The van der Waals surface area contributed by atoms with Crippen molar-refractivity contribution >= 4 is 23.2 Å². The van der Waals surface area contributed by atoms with E-state index >= 15 is 0 Å². The average molecular weight is 258 g/mol. The molecule has 0 bridgehead atoms. The van der Waals surface area contributed by atoms with Crippen LogP contribution in [0, 0.1) is 0 Å². The Morgan fingerprint density at radius 1 is 1.25 bits per heavy atom. The van der Waals surface area contributed by atoms with Crippen molar-refractivity contribution in [2.24, 2.45) is 5.73 Å². The minimum absolute atomic E-state index is 0.295. The van der Waals surface area contributed by atoms with E-state index in [1.165, 1.54) is 0 Å². The van der Waals surface area contributed by atoms with Gasteiger partial charge >= 0.3 is 0 Å². The Kier molecular flexibility index (Phi) is 3.14. The SMILES string of the molecule is C[C@H](N)c1nc(-c2cc(Cl)cc(Cl)c2)no1. The van der Waals surface area contributed by atoms with Gasteiger partial charge in [0, 0.05) is 15.6 Å². The second-order valence-corrected chi connectivity index (χ2v) is 4.28. The summed E-state index contributed by atoms with van der Waals surface area (Å²) < 4.78 is 4.99. The topological polar surface area (TPSA) is 64.9 Å². The van der Waals surface area contributed by atoms with Crippen LogP contribution in [0.15, 0.2) is 22.7 Å². The number of halogens is 2. The molecule has 16 heavy (non-hydrogen) atoms. The molecular weight excluding hydrogens is 249 g/mol. The summed E-state index contributed by atoms with van der Waals surface area (Å²) in [5.74, 6) is 0.808. The summed E-state index contributed by atoms with van der Waals surface area (Å²) in [4.78, 5) is 4.14. The smallest absolute Gasteiger partial charge is 0.243 e. The summed E-state index contributed by atoms with van der Waals surface area (Å²) in [6, 6.07) is 4.77. The fourth-order valence-corrected chi connectivity index (χ4v) is 1.75. The first-order valence-corrected chi connectivity index (χ1v) is 5.37. The molecule has 0 saturated carbocycles. The van der Waals surface area contributed by atoms with Crippen LogP contribution in [0.5, 0.6) is 0 Å². The van der Waals surface area contributed by atoms with E-state index in [9.17, 15) is 0 Å². The van der Waals surface area contributed by atoms with E-state index in [1.54, 1.807) is 25.1 Å². The maximum absolute atomic E-state index is 5.87. The normalized spacial score (nSPS) is 12.8. The summed E-state index contributed by atoms with van der Waals surface area (Å²) in [6.07, 6.45) is 0. The maximum atomic E-state index is 5.87. The lowest BCUT2D eigenvalue weighted by Gasteiger charge is -1.97. The van der Waals surface area contributed by atoms with E-state index in [-0.39, 0.29) is 6.04 Å². The monoisotopic (exact) mass is 257 g/mol. The Balaban J connectivity index is 2.42. The molecule has 1 aromatic carbocycles. The second-order valence-electron chi connectivity index (χ2n) is 3.40. The first kappa shape index (κ1) is 11.4. The van der Waals surface area contributed by atoms with Crippen LogP contribution in [0.25, 0.3) is 11.4 Å². The standard InChI is InChI=1S/C10H9Cl2N3O/c1-5(13)10-14-9(15-16-10)6-2-7(11)4-8(12)3-6/h2-5H,13H2,1H3/t5-/m0/s1. The molecular formula is C10H9Cl2N3O. The molecule has 2 rings (SSSR count). The van der Waals surface area contributed by atoms with E-state index in [0.29, 0.717) is 27.3 Å². The number of nitrogens with zero attached hydrogens (tertiary/aromatic N) is 2. The summed E-state index contributed by atoms with van der Waals surface area (Å²) in [5.41, 5.74) is 6.32. The van der Waals surface area contributed by atoms with Crippen LogP contribution in [0.4, 0.5) is 0 Å². The molecule has 0 saturated heterocycles. The van der Waals surface area contributed by atoms with Gasteiger partial charge in [0.05, 0.1) is 6.04 Å². The Morgan fingerprint density at radius 2 is 1.88 bits per heavy atom. The fraction of sp³-hybridized carbons (Fsp3) is 0.200. The summed E-state index contributed by atoms with van der Waals surface area (Å²) >= 11 is 11.7. The van der Waals surface area contributed by atoms with Crippen molar-refractivity contribution in [3.8, 4) is 11.4 Å². The average Bonchev–Trinajstić information content (AvgIpc) is 2.64. The van der Waals surface area contributed by atoms with Crippen LogP contribution < -0.4 is 5.73 Å². The Bertz CT molecular complexity index is 490. The van der Waals surface area contributed by atoms with E-state index < -0.39 is 0 Å². The number of rotatable bonds is 2. The minimum atomic E-state index is -0.295. The van der Waals surface area contributed by atoms with Crippen LogP contribution in [0.2, 0.25) is 10.0 Å². The molecule has 84 valence electrons. The largest absolute Gasteiger partial charge is 0.337 e. The number of aromatic nitrogens is 2. The third-order valence-corrected chi connectivity index (χ3v) is 2.39. The minimum Gasteiger partial charge on any atom is -0.337 e. The van der Waals surface area contributed by atoms with E-state index in [0.717, 1.165) is 0 Å². The van der Waals surface area contributed by atoms with Crippen molar-refractivity contribution in [1.82, 2.24) is 10.1 Å². The predicted molar refractivity (Wildman–Crippen MR) is 62.4 cm³/mol. The highest BCUT2D eigenvalue weighted by atomic mass is 35.5. The first-order chi connectivity index (χ1) is 7.56. The highest BCUT2D eigenvalue weighted by molar-refractivity contribution is 6.35. The molecule has 6 heteroatoms. The van der Waals surface area contributed by atoms with Gasteiger partial charge in [-0.3, -0.25) is 0 Å². The molecule has 0 aliphatic rings. The zero-order valence-electron chi connectivity index (χ0n) is 8.45. The van der Waals surface area contributed by atoms with Crippen LogP contribution in [0.3, 0.4) is 0 Å². The summed E-state index contributed by atoms with van der Waals surface area (Å²) in [5, 5.41) is 4.85. The lowest BCUT2D eigenvalue weighted by atomic mass is 10.2. The van der Waals surface area contributed by atoms with Crippen LogP contribution >= 0.6 is 23.2 Å². The summed E-state index contributed by atoms with van der Waals surface area (Å²) in [6.45, 7) is 1.77. The molecule has 1 atom stereocenters. The van der Waals surface area contributed by atoms with Gasteiger partial charge in [0.15, 0.2) is 0 Å². The zero-order valence-corrected chi connectivity index (χ0v) is 9.96.